The van der Waals surface area contributed by atoms with Gasteiger partial charge in [-0.2, -0.15) is 0 Å². The Morgan fingerprint density at radius 1 is 1.57 bits per heavy atom. The van der Waals surface area contributed by atoms with Crippen LogP contribution in [0.4, 0.5) is 4.79 Å². The van der Waals surface area contributed by atoms with Crippen molar-refractivity contribution in [1.82, 2.24) is 5.32 Å². The number of ketones is 1. The number of amides is 1. The molecule has 2 rings (SSSR count). The van der Waals surface area contributed by atoms with Crippen molar-refractivity contribution in [3.63, 3.8) is 0 Å². The van der Waals surface area contributed by atoms with Crippen molar-refractivity contribution in [3.8, 4) is 0 Å². The SMILES string of the molecule is C=CCOC(=O)N[C@@H](C[C@@H]1CCC(=O)[C@H]2O[C@@H]12)C(=O)OC. The second-order valence-electron chi connectivity index (χ2n) is 5.13. The van der Waals surface area contributed by atoms with Crippen LogP contribution in [0.25, 0.3) is 0 Å². The Hall–Kier alpha value is -1.89. The highest BCUT2D eigenvalue weighted by Gasteiger charge is 2.53. The van der Waals surface area contributed by atoms with Crippen LogP contribution in [0.3, 0.4) is 0 Å². The molecule has 0 aromatic rings. The predicted molar refractivity (Wildman–Crippen MR) is 71.5 cm³/mol. The van der Waals surface area contributed by atoms with Crippen LogP contribution in [0.5, 0.6) is 0 Å². The van der Waals surface area contributed by atoms with Crippen molar-refractivity contribution in [1.29, 1.82) is 0 Å². The average molecular weight is 297 g/mol. The lowest BCUT2D eigenvalue weighted by molar-refractivity contribution is -0.143. The summed E-state index contributed by atoms with van der Waals surface area (Å²) in [6.45, 7) is 3.50. The van der Waals surface area contributed by atoms with E-state index in [1.54, 1.807) is 0 Å². The molecule has 1 aliphatic heterocycles. The molecule has 0 radical (unpaired) electrons. The molecule has 0 aromatic heterocycles. The van der Waals surface area contributed by atoms with Crippen molar-refractivity contribution in [2.24, 2.45) is 5.92 Å². The number of rotatable bonds is 6. The molecule has 2 aliphatic rings. The molecule has 0 unspecified atom stereocenters. The predicted octanol–water partition coefficient (Wildman–Crippen LogP) is 0.577. The molecule has 0 aromatic carbocycles. The third kappa shape index (κ3) is 3.81. The summed E-state index contributed by atoms with van der Waals surface area (Å²) in [6.07, 6.45) is 1.73. The summed E-state index contributed by atoms with van der Waals surface area (Å²) in [5.41, 5.74) is 0. The highest BCUT2D eigenvalue weighted by atomic mass is 16.6. The third-order valence-electron chi connectivity index (χ3n) is 3.72. The molecule has 4 atom stereocenters. The molecule has 1 N–H and O–H groups in total. The Kier molecular flexibility index (Phi) is 4.95. The Morgan fingerprint density at radius 2 is 2.33 bits per heavy atom. The van der Waals surface area contributed by atoms with Gasteiger partial charge in [-0.15, -0.1) is 0 Å². The minimum Gasteiger partial charge on any atom is -0.467 e. The molecule has 1 saturated heterocycles. The first-order chi connectivity index (χ1) is 10.1. The van der Waals surface area contributed by atoms with Gasteiger partial charge in [-0.3, -0.25) is 4.79 Å². The lowest BCUT2D eigenvalue weighted by atomic mass is 9.84. The molecule has 116 valence electrons. The number of hydrogen-bond donors (Lipinski definition) is 1. The monoisotopic (exact) mass is 297 g/mol. The first-order valence-electron chi connectivity index (χ1n) is 6.87. The fourth-order valence-corrected chi connectivity index (χ4v) is 2.61. The van der Waals surface area contributed by atoms with Crippen LogP contribution in [0, 0.1) is 5.92 Å². The Labute approximate surface area is 122 Å². The Bertz CT molecular complexity index is 449. The van der Waals surface area contributed by atoms with Crippen molar-refractivity contribution < 1.29 is 28.6 Å². The van der Waals surface area contributed by atoms with Gasteiger partial charge >= 0.3 is 12.1 Å². The van der Waals surface area contributed by atoms with Crippen molar-refractivity contribution in [2.45, 2.75) is 37.5 Å². The van der Waals surface area contributed by atoms with E-state index in [0.29, 0.717) is 19.3 Å². The summed E-state index contributed by atoms with van der Waals surface area (Å²) in [7, 11) is 1.26. The summed E-state index contributed by atoms with van der Waals surface area (Å²) in [6, 6.07) is -0.810. The maximum Gasteiger partial charge on any atom is 0.408 e. The van der Waals surface area contributed by atoms with E-state index in [2.05, 4.69) is 11.9 Å². The van der Waals surface area contributed by atoms with Crippen LogP contribution >= 0.6 is 0 Å². The van der Waals surface area contributed by atoms with E-state index in [4.69, 9.17) is 14.2 Å². The van der Waals surface area contributed by atoms with Crippen molar-refractivity contribution in [2.75, 3.05) is 13.7 Å². The van der Waals surface area contributed by atoms with E-state index in [-0.39, 0.29) is 30.5 Å². The van der Waals surface area contributed by atoms with Crippen LogP contribution in [0.1, 0.15) is 19.3 Å². The van der Waals surface area contributed by atoms with E-state index in [1.165, 1.54) is 13.2 Å². The van der Waals surface area contributed by atoms with E-state index >= 15 is 0 Å². The topological polar surface area (TPSA) is 94.2 Å². The van der Waals surface area contributed by atoms with Gasteiger partial charge < -0.3 is 19.5 Å². The van der Waals surface area contributed by atoms with Crippen LogP contribution in [-0.2, 0) is 23.8 Å². The summed E-state index contributed by atoms with van der Waals surface area (Å²) in [4.78, 5) is 34.7. The maximum absolute atomic E-state index is 11.8. The third-order valence-corrected chi connectivity index (χ3v) is 3.72. The quantitative estimate of drug-likeness (QED) is 0.438. The highest BCUT2D eigenvalue weighted by Crippen LogP contribution is 2.40. The summed E-state index contributed by atoms with van der Waals surface area (Å²) < 4.78 is 14.8. The van der Waals surface area contributed by atoms with Gasteiger partial charge in [-0.25, -0.2) is 9.59 Å². The molecule has 7 nitrogen and oxygen atoms in total. The van der Waals surface area contributed by atoms with Gasteiger partial charge in [-0.05, 0) is 18.8 Å². The molecule has 1 amide bonds. The normalized spacial score (nSPS) is 28.0. The lowest BCUT2D eigenvalue weighted by Crippen LogP contribution is -2.44. The zero-order valence-corrected chi connectivity index (χ0v) is 11.9. The van der Waals surface area contributed by atoms with E-state index in [0.717, 1.165) is 0 Å². The van der Waals surface area contributed by atoms with E-state index in [1.807, 2.05) is 0 Å². The number of ether oxygens (including phenoxy) is 3. The first kappa shape index (κ1) is 15.5. The standard InChI is InChI=1S/C14H19NO6/c1-3-6-20-14(18)15-9(13(17)19-2)7-8-4-5-10(16)12-11(8)21-12/h3,8-9,11-12H,1,4-7H2,2H3,(H,15,18)/t8-,9-,11-,12+/m0/s1. The largest absolute Gasteiger partial charge is 0.467 e. The minimum absolute atomic E-state index is 0.0523. The number of alkyl carbamates (subject to hydrolysis) is 1. The van der Waals surface area contributed by atoms with Gasteiger partial charge in [0.15, 0.2) is 5.78 Å². The molecule has 21 heavy (non-hydrogen) atoms. The second-order valence-corrected chi connectivity index (χ2v) is 5.13. The molecule has 1 saturated carbocycles. The summed E-state index contributed by atoms with van der Waals surface area (Å²) >= 11 is 0. The Balaban J connectivity index is 1.90. The number of esters is 1. The molecule has 7 heteroatoms. The maximum atomic E-state index is 11.8. The number of carbonyl (C=O) groups excluding carboxylic acids is 3. The number of epoxide rings is 1. The molecule has 1 aliphatic carbocycles. The average Bonchev–Trinajstić information content (AvgIpc) is 3.27. The molecular weight excluding hydrogens is 278 g/mol. The number of fused-ring (bicyclic) bond motifs is 1. The number of nitrogens with one attached hydrogen (secondary N) is 1. The van der Waals surface area contributed by atoms with Gasteiger partial charge in [0.2, 0.25) is 0 Å². The summed E-state index contributed by atoms with van der Waals surface area (Å²) in [5, 5.41) is 2.48. The number of Topliss-reactive ketones (excluding diaryl/α,β-unsaturated/α-hetero) is 1. The molecule has 0 bridgehead atoms. The number of carbonyl (C=O) groups is 3. The Morgan fingerprint density at radius 3 is 3.00 bits per heavy atom. The number of methoxy groups -OCH3 is 1. The fourth-order valence-electron chi connectivity index (χ4n) is 2.61. The molecular formula is C14H19NO6. The zero-order chi connectivity index (χ0) is 15.4. The lowest BCUT2D eigenvalue weighted by Gasteiger charge is -2.23. The van der Waals surface area contributed by atoms with Crippen LogP contribution in [0.2, 0.25) is 0 Å². The molecule has 0 spiro atoms. The van der Waals surface area contributed by atoms with Gasteiger partial charge in [0.25, 0.3) is 0 Å². The van der Waals surface area contributed by atoms with E-state index < -0.39 is 18.1 Å². The van der Waals surface area contributed by atoms with Gasteiger partial charge in [0.1, 0.15) is 18.8 Å². The van der Waals surface area contributed by atoms with E-state index in [9.17, 15) is 14.4 Å². The van der Waals surface area contributed by atoms with Crippen molar-refractivity contribution >= 4 is 17.8 Å². The van der Waals surface area contributed by atoms with Gasteiger partial charge in [-0.1, -0.05) is 12.7 Å². The zero-order valence-electron chi connectivity index (χ0n) is 11.9. The number of hydrogen-bond acceptors (Lipinski definition) is 6. The first-order valence-corrected chi connectivity index (χ1v) is 6.87. The van der Waals surface area contributed by atoms with Crippen LogP contribution in [-0.4, -0.2) is 49.8 Å². The minimum atomic E-state index is -0.810. The second kappa shape index (κ2) is 6.71. The van der Waals surface area contributed by atoms with Gasteiger partial charge in [0, 0.05) is 6.42 Å². The summed E-state index contributed by atoms with van der Waals surface area (Å²) in [5.74, 6) is -0.375. The van der Waals surface area contributed by atoms with Crippen LogP contribution < -0.4 is 5.32 Å². The van der Waals surface area contributed by atoms with Gasteiger partial charge in [0.05, 0.1) is 13.2 Å². The molecule has 1 heterocycles. The van der Waals surface area contributed by atoms with Crippen LogP contribution in [0.15, 0.2) is 12.7 Å². The van der Waals surface area contributed by atoms with Crippen molar-refractivity contribution in [3.05, 3.63) is 12.7 Å². The molecule has 2 fully saturated rings. The fraction of sp³-hybridized carbons (Fsp3) is 0.643. The highest BCUT2D eigenvalue weighted by molar-refractivity contribution is 5.87. The smallest absolute Gasteiger partial charge is 0.408 e.